The number of ether oxygens (including phenoxy) is 2. The van der Waals surface area contributed by atoms with Gasteiger partial charge in [-0.1, -0.05) is 20.3 Å². The molecule has 0 radical (unpaired) electrons. The third-order valence-corrected chi connectivity index (χ3v) is 4.48. The smallest absolute Gasteiger partial charge is 0.312 e. The van der Waals surface area contributed by atoms with Gasteiger partial charge in [-0.3, -0.25) is 9.36 Å². The van der Waals surface area contributed by atoms with Crippen molar-refractivity contribution in [1.29, 1.82) is 0 Å². The topological polar surface area (TPSA) is 125 Å². The number of nitrogens with two attached hydrogens (primary N) is 1. The van der Waals surface area contributed by atoms with Crippen molar-refractivity contribution in [3.05, 3.63) is 12.4 Å². The molecule has 0 saturated carbocycles. The second kappa shape index (κ2) is 7.09. The Labute approximate surface area is 154 Å². The first kappa shape index (κ1) is 19.0. The third kappa shape index (κ3) is 3.31. The number of hydrogen-bond acceptors (Lipinski definition) is 8. The first-order valence-electron chi connectivity index (χ1n) is 8.53. The highest BCUT2D eigenvalue weighted by Crippen LogP contribution is 2.39. The van der Waals surface area contributed by atoms with E-state index < -0.39 is 36.1 Å². The SMILES string of the molecule is C#C[C@]1(OC(=O)C(C)CCC)O[C@@H](n2cnc3c(N)nc(F)nc32)C[C@@H]1O. The summed E-state index contributed by atoms with van der Waals surface area (Å²) in [5.41, 5.74) is 5.91. The fraction of sp³-hybridized carbons (Fsp3) is 0.529. The Bertz CT molecular complexity index is 911. The van der Waals surface area contributed by atoms with Crippen molar-refractivity contribution in [3.63, 3.8) is 0 Å². The van der Waals surface area contributed by atoms with E-state index in [2.05, 4.69) is 20.9 Å². The number of carbonyl (C=O) groups excluding carboxylic acids is 1. The predicted molar refractivity (Wildman–Crippen MR) is 92.2 cm³/mol. The Kier molecular flexibility index (Phi) is 4.99. The average molecular weight is 377 g/mol. The molecule has 4 atom stereocenters. The van der Waals surface area contributed by atoms with Crippen LogP contribution in [0.15, 0.2) is 6.33 Å². The highest BCUT2D eigenvalue weighted by molar-refractivity contribution is 5.81. The van der Waals surface area contributed by atoms with Crippen LogP contribution in [-0.4, -0.2) is 42.5 Å². The number of esters is 1. The number of fused-ring (bicyclic) bond motifs is 1. The second-order valence-corrected chi connectivity index (χ2v) is 6.45. The molecule has 144 valence electrons. The summed E-state index contributed by atoms with van der Waals surface area (Å²) in [6.45, 7) is 3.65. The van der Waals surface area contributed by atoms with Crippen LogP contribution in [0.2, 0.25) is 0 Å². The summed E-state index contributed by atoms with van der Waals surface area (Å²) in [7, 11) is 0. The van der Waals surface area contributed by atoms with Gasteiger partial charge < -0.3 is 20.3 Å². The van der Waals surface area contributed by atoms with Crippen LogP contribution >= 0.6 is 0 Å². The number of terminal acetylenes is 1. The van der Waals surface area contributed by atoms with E-state index >= 15 is 0 Å². The molecule has 1 unspecified atom stereocenters. The quantitative estimate of drug-likeness (QED) is 0.451. The molecule has 1 saturated heterocycles. The molecule has 1 aliphatic rings. The van der Waals surface area contributed by atoms with Crippen molar-refractivity contribution >= 4 is 23.0 Å². The van der Waals surface area contributed by atoms with Crippen LogP contribution in [0.4, 0.5) is 10.2 Å². The molecule has 0 spiro atoms. The minimum Gasteiger partial charge on any atom is -0.418 e. The zero-order valence-electron chi connectivity index (χ0n) is 14.9. The lowest BCUT2D eigenvalue weighted by Crippen LogP contribution is -2.43. The van der Waals surface area contributed by atoms with Gasteiger partial charge in [0.1, 0.15) is 12.3 Å². The number of nitrogen functional groups attached to an aromatic ring is 1. The lowest BCUT2D eigenvalue weighted by Gasteiger charge is -2.27. The molecule has 3 N–H and O–H groups in total. The molecule has 10 heteroatoms. The van der Waals surface area contributed by atoms with Gasteiger partial charge in [0.2, 0.25) is 0 Å². The fourth-order valence-electron chi connectivity index (χ4n) is 3.02. The van der Waals surface area contributed by atoms with E-state index in [-0.39, 0.29) is 23.4 Å². The zero-order valence-corrected chi connectivity index (χ0v) is 14.9. The van der Waals surface area contributed by atoms with Crippen molar-refractivity contribution in [3.8, 4) is 12.3 Å². The number of imidazole rings is 1. The molecule has 0 aliphatic carbocycles. The number of aromatic nitrogens is 4. The maximum Gasteiger partial charge on any atom is 0.312 e. The molecule has 3 heterocycles. The fourth-order valence-corrected chi connectivity index (χ4v) is 3.02. The van der Waals surface area contributed by atoms with Gasteiger partial charge in [-0.05, 0) is 12.3 Å². The van der Waals surface area contributed by atoms with Crippen molar-refractivity contribution in [1.82, 2.24) is 19.5 Å². The van der Waals surface area contributed by atoms with Crippen molar-refractivity contribution < 1.29 is 23.8 Å². The van der Waals surface area contributed by atoms with Crippen molar-refractivity contribution in [2.45, 2.75) is 51.2 Å². The Hall–Kier alpha value is -2.77. The van der Waals surface area contributed by atoms with Crippen LogP contribution in [0.1, 0.15) is 39.3 Å². The van der Waals surface area contributed by atoms with Gasteiger partial charge in [-0.25, -0.2) is 4.98 Å². The zero-order chi connectivity index (χ0) is 19.8. The summed E-state index contributed by atoms with van der Waals surface area (Å²) >= 11 is 0. The highest BCUT2D eigenvalue weighted by atomic mass is 19.1. The molecule has 0 amide bonds. The number of carbonyl (C=O) groups is 1. The number of nitrogens with zero attached hydrogens (tertiary/aromatic N) is 4. The first-order valence-corrected chi connectivity index (χ1v) is 8.53. The van der Waals surface area contributed by atoms with Gasteiger partial charge in [0.05, 0.1) is 12.2 Å². The number of halogens is 1. The highest BCUT2D eigenvalue weighted by Gasteiger charge is 2.52. The van der Waals surface area contributed by atoms with E-state index in [4.69, 9.17) is 21.6 Å². The molecule has 3 rings (SSSR count). The van der Waals surface area contributed by atoms with Crippen LogP contribution in [0.5, 0.6) is 0 Å². The summed E-state index contributed by atoms with van der Waals surface area (Å²) < 4.78 is 26.0. The average Bonchev–Trinajstić information content (AvgIpc) is 3.17. The monoisotopic (exact) mass is 377 g/mol. The molecule has 2 aromatic heterocycles. The molecule has 0 aromatic carbocycles. The van der Waals surface area contributed by atoms with Gasteiger partial charge in [-0.2, -0.15) is 14.4 Å². The summed E-state index contributed by atoms with van der Waals surface area (Å²) in [4.78, 5) is 23.4. The molecule has 27 heavy (non-hydrogen) atoms. The van der Waals surface area contributed by atoms with Gasteiger partial charge in [0.15, 0.2) is 17.0 Å². The third-order valence-electron chi connectivity index (χ3n) is 4.48. The minimum absolute atomic E-state index is 0.0172. The van der Waals surface area contributed by atoms with E-state index in [0.717, 1.165) is 6.42 Å². The number of aliphatic hydroxyl groups is 1. The van der Waals surface area contributed by atoms with Gasteiger partial charge in [0, 0.05) is 6.42 Å². The summed E-state index contributed by atoms with van der Waals surface area (Å²) in [6.07, 6.45) is 5.03. The van der Waals surface area contributed by atoms with E-state index in [1.54, 1.807) is 6.92 Å². The van der Waals surface area contributed by atoms with Crippen molar-refractivity contribution in [2.75, 3.05) is 5.73 Å². The Morgan fingerprint density at radius 1 is 1.67 bits per heavy atom. The van der Waals surface area contributed by atoms with Crippen molar-refractivity contribution in [2.24, 2.45) is 5.92 Å². The van der Waals surface area contributed by atoms with Gasteiger partial charge in [-0.15, -0.1) is 6.42 Å². The standard InChI is InChI=1S/C17H20FN5O4/c1-4-6-9(3)15(25)27-17(5-2)10(24)7-11(26-17)23-8-20-12-13(19)21-16(18)22-14(12)23/h2,8-11,24H,4,6-7H2,1,3H3,(H2,19,21,22)/t9?,10-,11+,17+/m0/s1. The second-order valence-electron chi connectivity index (χ2n) is 6.45. The van der Waals surface area contributed by atoms with E-state index in [0.29, 0.717) is 6.42 Å². The number of rotatable bonds is 5. The van der Waals surface area contributed by atoms with Crippen LogP contribution in [0.25, 0.3) is 11.2 Å². The molecular formula is C17H20FN5O4. The molecule has 2 aromatic rings. The van der Waals surface area contributed by atoms with E-state index in [9.17, 15) is 14.3 Å². The van der Waals surface area contributed by atoms with Crippen LogP contribution in [0, 0.1) is 24.3 Å². The molecule has 0 bridgehead atoms. The summed E-state index contributed by atoms with van der Waals surface area (Å²) in [5.74, 6) is -0.801. The normalized spacial score (nSPS) is 26.0. The maximum absolute atomic E-state index is 13.5. The predicted octanol–water partition coefficient (Wildman–Crippen LogP) is 1.14. The molecule has 1 aliphatic heterocycles. The van der Waals surface area contributed by atoms with Crippen LogP contribution in [0.3, 0.4) is 0 Å². The van der Waals surface area contributed by atoms with Crippen LogP contribution in [-0.2, 0) is 14.3 Å². The Morgan fingerprint density at radius 3 is 3.07 bits per heavy atom. The van der Waals surface area contributed by atoms with Gasteiger partial charge >= 0.3 is 17.8 Å². The van der Waals surface area contributed by atoms with Gasteiger partial charge in [0.25, 0.3) is 0 Å². The Morgan fingerprint density at radius 2 is 2.41 bits per heavy atom. The largest absolute Gasteiger partial charge is 0.418 e. The molecular weight excluding hydrogens is 357 g/mol. The molecule has 1 fully saturated rings. The minimum atomic E-state index is -1.95. The molecule has 9 nitrogen and oxygen atoms in total. The number of aliphatic hydroxyl groups excluding tert-OH is 1. The maximum atomic E-state index is 13.5. The number of anilines is 1. The number of hydrogen-bond donors (Lipinski definition) is 2. The lowest BCUT2D eigenvalue weighted by molar-refractivity contribution is -0.229. The van der Waals surface area contributed by atoms with E-state index in [1.165, 1.54) is 10.9 Å². The first-order chi connectivity index (χ1) is 12.8. The Balaban J connectivity index is 1.89. The summed E-state index contributed by atoms with van der Waals surface area (Å²) in [6, 6.07) is 0. The van der Waals surface area contributed by atoms with Crippen LogP contribution < -0.4 is 5.73 Å². The summed E-state index contributed by atoms with van der Waals surface area (Å²) in [5, 5.41) is 10.4. The van der Waals surface area contributed by atoms with E-state index in [1.807, 2.05) is 6.92 Å². The lowest BCUT2D eigenvalue weighted by atomic mass is 10.1.